The highest BCUT2D eigenvalue weighted by atomic mass is 16.5. The molecule has 0 saturated heterocycles. The van der Waals surface area contributed by atoms with E-state index in [1.54, 1.807) is 0 Å². The van der Waals surface area contributed by atoms with E-state index in [0.29, 0.717) is 18.2 Å². The molecular formula is C27H28N2O3. The van der Waals surface area contributed by atoms with Crippen LogP contribution in [0.4, 0.5) is 5.69 Å². The Morgan fingerprint density at radius 2 is 1.81 bits per heavy atom. The predicted molar refractivity (Wildman–Crippen MR) is 127 cm³/mol. The van der Waals surface area contributed by atoms with Crippen LogP contribution in [0.15, 0.2) is 65.1 Å². The molecule has 0 atom stereocenters. The molecule has 0 spiro atoms. The summed E-state index contributed by atoms with van der Waals surface area (Å²) in [4.78, 5) is 16.9. The molecule has 5 heteroatoms. The first-order valence-corrected chi connectivity index (χ1v) is 10.9. The molecule has 0 saturated carbocycles. The number of fused-ring (bicyclic) bond motifs is 1. The van der Waals surface area contributed by atoms with E-state index >= 15 is 0 Å². The van der Waals surface area contributed by atoms with Crippen molar-refractivity contribution in [2.45, 2.75) is 40.0 Å². The molecule has 1 amide bonds. The Labute approximate surface area is 188 Å². The summed E-state index contributed by atoms with van der Waals surface area (Å²) in [6, 6.07) is 19.8. The molecule has 5 nitrogen and oxygen atoms in total. The highest BCUT2D eigenvalue weighted by Gasteiger charge is 2.10. The maximum atomic E-state index is 12.3. The molecule has 0 aliphatic rings. The SMILES string of the molecule is Cc1ccc(OCC(=O)Nc2ccc(Cc3nc4cc(C(C)C)ccc4o3)cc2)c(C)c1. The van der Waals surface area contributed by atoms with E-state index < -0.39 is 0 Å². The Morgan fingerprint density at radius 1 is 1.03 bits per heavy atom. The standard InChI is InChI=1S/C27H28N2O3/c1-17(2)21-8-12-25-23(15-21)29-27(32-25)14-20-6-9-22(10-7-20)28-26(30)16-31-24-11-5-18(3)13-19(24)4/h5-13,15,17H,14,16H2,1-4H3,(H,28,30). The number of carbonyl (C=O) groups is 1. The number of ether oxygens (including phenoxy) is 1. The molecular weight excluding hydrogens is 400 g/mol. The van der Waals surface area contributed by atoms with Crippen molar-refractivity contribution in [3.63, 3.8) is 0 Å². The van der Waals surface area contributed by atoms with Gasteiger partial charge in [-0.15, -0.1) is 0 Å². The summed E-state index contributed by atoms with van der Waals surface area (Å²) >= 11 is 0. The van der Waals surface area contributed by atoms with Gasteiger partial charge in [-0.25, -0.2) is 4.98 Å². The van der Waals surface area contributed by atoms with Crippen LogP contribution in [0.3, 0.4) is 0 Å². The van der Waals surface area contributed by atoms with Gasteiger partial charge in [-0.05, 0) is 66.8 Å². The van der Waals surface area contributed by atoms with Gasteiger partial charge in [-0.1, -0.05) is 49.7 Å². The van der Waals surface area contributed by atoms with Crippen LogP contribution in [0.2, 0.25) is 0 Å². The molecule has 3 aromatic carbocycles. The third kappa shape index (κ3) is 5.17. The average Bonchev–Trinajstić information content (AvgIpc) is 3.16. The number of benzene rings is 3. The summed E-state index contributed by atoms with van der Waals surface area (Å²) in [5.74, 6) is 1.66. The lowest BCUT2D eigenvalue weighted by atomic mass is 10.0. The van der Waals surface area contributed by atoms with Gasteiger partial charge in [0.2, 0.25) is 0 Å². The third-order valence-corrected chi connectivity index (χ3v) is 5.40. The molecule has 0 bridgehead atoms. The van der Waals surface area contributed by atoms with Crippen molar-refractivity contribution >= 4 is 22.7 Å². The van der Waals surface area contributed by atoms with Crippen LogP contribution in [-0.2, 0) is 11.2 Å². The van der Waals surface area contributed by atoms with Crippen LogP contribution < -0.4 is 10.1 Å². The molecule has 4 rings (SSSR count). The highest BCUT2D eigenvalue weighted by Crippen LogP contribution is 2.23. The number of aromatic nitrogens is 1. The Kier molecular flexibility index (Phi) is 6.26. The summed E-state index contributed by atoms with van der Waals surface area (Å²) < 4.78 is 11.5. The lowest BCUT2D eigenvalue weighted by Gasteiger charge is -2.10. The quantitative estimate of drug-likeness (QED) is 0.382. The molecule has 0 fully saturated rings. The molecule has 4 aromatic rings. The Morgan fingerprint density at radius 3 is 2.53 bits per heavy atom. The van der Waals surface area contributed by atoms with Crippen molar-refractivity contribution in [2.75, 3.05) is 11.9 Å². The number of nitrogens with zero attached hydrogens (tertiary/aromatic N) is 1. The first-order valence-electron chi connectivity index (χ1n) is 10.9. The number of rotatable bonds is 7. The van der Waals surface area contributed by atoms with E-state index in [1.165, 1.54) is 5.56 Å². The molecule has 0 aliphatic heterocycles. The fraction of sp³-hybridized carbons (Fsp3) is 0.259. The highest BCUT2D eigenvalue weighted by molar-refractivity contribution is 5.91. The first kappa shape index (κ1) is 21.6. The normalized spacial score (nSPS) is 11.2. The summed E-state index contributed by atoms with van der Waals surface area (Å²) in [5.41, 5.74) is 6.90. The second kappa shape index (κ2) is 9.27. The zero-order chi connectivity index (χ0) is 22.7. The molecule has 0 aliphatic carbocycles. The molecule has 1 aromatic heterocycles. The smallest absolute Gasteiger partial charge is 0.262 e. The number of aryl methyl sites for hydroxylation is 2. The summed E-state index contributed by atoms with van der Waals surface area (Å²) in [6.07, 6.45) is 0.593. The lowest BCUT2D eigenvalue weighted by Crippen LogP contribution is -2.20. The molecule has 32 heavy (non-hydrogen) atoms. The topological polar surface area (TPSA) is 64.4 Å². The van der Waals surface area contributed by atoms with Crippen LogP contribution in [0.25, 0.3) is 11.1 Å². The van der Waals surface area contributed by atoms with Gasteiger partial charge in [-0.2, -0.15) is 0 Å². The monoisotopic (exact) mass is 428 g/mol. The van der Waals surface area contributed by atoms with Gasteiger partial charge in [0.15, 0.2) is 18.1 Å². The average molecular weight is 429 g/mol. The summed E-state index contributed by atoms with van der Waals surface area (Å²) in [5, 5.41) is 2.87. The Bertz CT molecular complexity index is 1240. The van der Waals surface area contributed by atoms with Gasteiger partial charge < -0.3 is 14.5 Å². The van der Waals surface area contributed by atoms with Crippen molar-refractivity contribution in [1.82, 2.24) is 4.98 Å². The predicted octanol–water partition coefficient (Wildman–Crippen LogP) is 6.18. The maximum absolute atomic E-state index is 12.3. The Balaban J connectivity index is 1.34. The van der Waals surface area contributed by atoms with Gasteiger partial charge in [0.05, 0.1) is 0 Å². The van der Waals surface area contributed by atoms with Crippen LogP contribution in [0.5, 0.6) is 5.75 Å². The molecule has 0 unspecified atom stereocenters. The molecule has 164 valence electrons. The van der Waals surface area contributed by atoms with Gasteiger partial charge in [0, 0.05) is 12.1 Å². The number of oxazole rings is 1. The summed E-state index contributed by atoms with van der Waals surface area (Å²) in [7, 11) is 0. The second-order valence-electron chi connectivity index (χ2n) is 8.47. The van der Waals surface area contributed by atoms with E-state index in [1.807, 2.05) is 62.4 Å². The maximum Gasteiger partial charge on any atom is 0.262 e. The van der Waals surface area contributed by atoms with Gasteiger partial charge in [0.25, 0.3) is 5.91 Å². The van der Waals surface area contributed by atoms with E-state index in [-0.39, 0.29) is 12.5 Å². The van der Waals surface area contributed by atoms with Crippen LogP contribution >= 0.6 is 0 Å². The minimum absolute atomic E-state index is 0.0348. The van der Waals surface area contributed by atoms with Gasteiger partial charge in [0.1, 0.15) is 11.3 Å². The number of hydrogen-bond acceptors (Lipinski definition) is 4. The molecule has 1 heterocycles. The van der Waals surface area contributed by atoms with Crippen LogP contribution in [0, 0.1) is 13.8 Å². The summed E-state index contributed by atoms with van der Waals surface area (Å²) in [6.45, 7) is 8.29. The van der Waals surface area contributed by atoms with Gasteiger partial charge >= 0.3 is 0 Å². The van der Waals surface area contributed by atoms with Gasteiger partial charge in [-0.3, -0.25) is 4.79 Å². The van der Waals surface area contributed by atoms with E-state index in [4.69, 9.17) is 9.15 Å². The Hall–Kier alpha value is -3.60. The van der Waals surface area contributed by atoms with Crippen molar-refractivity contribution in [2.24, 2.45) is 0 Å². The number of amides is 1. The van der Waals surface area contributed by atoms with E-state index in [2.05, 4.69) is 36.3 Å². The first-order chi connectivity index (χ1) is 15.4. The van der Waals surface area contributed by atoms with Crippen LogP contribution in [0.1, 0.15) is 47.9 Å². The molecule has 0 radical (unpaired) electrons. The third-order valence-electron chi connectivity index (χ3n) is 5.40. The van der Waals surface area contributed by atoms with Crippen molar-refractivity contribution in [1.29, 1.82) is 0 Å². The minimum atomic E-state index is -0.197. The number of carbonyl (C=O) groups excluding carboxylic acids is 1. The van der Waals surface area contributed by atoms with Crippen molar-refractivity contribution in [3.8, 4) is 5.75 Å². The number of hydrogen-bond donors (Lipinski definition) is 1. The van der Waals surface area contributed by atoms with Crippen LogP contribution in [-0.4, -0.2) is 17.5 Å². The fourth-order valence-electron chi connectivity index (χ4n) is 3.61. The minimum Gasteiger partial charge on any atom is -0.483 e. The van der Waals surface area contributed by atoms with E-state index in [9.17, 15) is 4.79 Å². The zero-order valence-corrected chi connectivity index (χ0v) is 18.9. The second-order valence-corrected chi connectivity index (χ2v) is 8.47. The number of nitrogens with one attached hydrogen (secondary N) is 1. The molecule has 1 N–H and O–H groups in total. The fourth-order valence-corrected chi connectivity index (χ4v) is 3.61. The lowest BCUT2D eigenvalue weighted by molar-refractivity contribution is -0.118. The van der Waals surface area contributed by atoms with Crippen molar-refractivity contribution < 1.29 is 13.9 Å². The number of anilines is 1. The van der Waals surface area contributed by atoms with Crippen molar-refractivity contribution in [3.05, 3.63) is 88.8 Å². The van der Waals surface area contributed by atoms with E-state index in [0.717, 1.165) is 39.2 Å². The zero-order valence-electron chi connectivity index (χ0n) is 18.9. The largest absolute Gasteiger partial charge is 0.483 e.